The van der Waals surface area contributed by atoms with Crippen molar-refractivity contribution in [2.45, 2.75) is 25.6 Å². The number of amides is 3. The first kappa shape index (κ1) is 23.2. The summed E-state index contributed by atoms with van der Waals surface area (Å²) in [7, 11) is 0. The van der Waals surface area contributed by atoms with E-state index >= 15 is 0 Å². The van der Waals surface area contributed by atoms with Gasteiger partial charge in [-0.05, 0) is 54.8 Å². The van der Waals surface area contributed by atoms with Crippen LogP contribution in [0, 0.1) is 0 Å². The Bertz CT molecular complexity index is 1210. The molecule has 2 atom stereocenters. The molecule has 0 radical (unpaired) electrons. The normalized spacial score (nSPS) is 21.0. The molecular formula is C26H27N3O6. The van der Waals surface area contributed by atoms with Crippen LogP contribution >= 0.6 is 0 Å². The fourth-order valence-electron chi connectivity index (χ4n) is 4.65. The van der Waals surface area contributed by atoms with Gasteiger partial charge in [0.1, 0.15) is 6.61 Å². The number of allylic oxidation sites excluding steroid dienone is 1. The number of nitrogens with zero attached hydrogens (tertiary/aromatic N) is 2. The van der Waals surface area contributed by atoms with Gasteiger partial charge in [0.05, 0.1) is 13.2 Å². The van der Waals surface area contributed by atoms with Gasteiger partial charge in [-0.1, -0.05) is 23.8 Å². The lowest BCUT2D eigenvalue weighted by Gasteiger charge is -2.35. The third kappa shape index (κ3) is 4.70. The van der Waals surface area contributed by atoms with Gasteiger partial charge in [0.15, 0.2) is 12.2 Å². The molecule has 0 bridgehead atoms. The molecule has 0 aromatic heterocycles. The van der Waals surface area contributed by atoms with E-state index in [1.54, 1.807) is 35.2 Å². The summed E-state index contributed by atoms with van der Waals surface area (Å²) in [6, 6.07) is 12.6. The minimum atomic E-state index is -1.68. The van der Waals surface area contributed by atoms with Crippen molar-refractivity contribution in [2.24, 2.45) is 0 Å². The zero-order chi connectivity index (χ0) is 24.5. The van der Waals surface area contributed by atoms with Gasteiger partial charge in [0, 0.05) is 30.2 Å². The van der Waals surface area contributed by atoms with Gasteiger partial charge >= 0.3 is 0 Å². The second-order valence-corrected chi connectivity index (χ2v) is 8.91. The van der Waals surface area contributed by atoms with Crippen molar-refractivity contribution in [1.82, 2.24) is 0 Å². The highest BCUT2D eigenvalue weighted by Crippen LogP contribution is 2.28. The third-order valence-corrected chi connectivity index (χ3v) is 6.40. The number of rotatable bonds is 5. The van der Waals surface area contributed by atoms with E-state index < -0.39 is 24.0 Å². The number of carbonyl (C=O) groups is 3. The number of carbonyl (C=O) groups excluding carboxylic acids is 3. The molecule has 182 valence electrons. The van der Waals surface area contributed by atoms with E-state index in [4.69, 9.17) is 9.47 Å². The monoisotopic (exact) mass is 477 g/mol. The van der Waals surface area contributed by atoms with Crippen molar-refractivity contribution in [3.05, 3.63) is 59.2 Å². The van der Waals surface area contributed by atoms with Crippen molar-refractivity contribution >= 4 is 40.9 Å². The Morgan fingerprint density at radius 2 is 1.86 bits per heavy atom. The Morgan fingerprint density at radius 1 is 1.09 bits per heavy atom. The fraction of sp³-hybridized carbons (Fsp3) is 0.346. The number of morpholine rings is 2. The molecule has 9 nitrogen and oxygen atoms in total. The summed E-state index contributed by atoms with van der Waals surface area (Å²) in [5, 5.41) is 13.4. The molecule has 2 N–H and O–H groups in total. The molecule has 1 aliphatic carbocycles. The number of nitrogens with one attached hydrogen (secondary N) is 1. The summed E-state index contributed by atoms with van der Waals surface area (Å²) in [6.45, 7) is 3.36. The molecule has 0 unspecified atom stereocenters. The molecule has 2 aromatic carbocycles. The maximum Gasteiger partial charge on any atom is 0.259 e. The summed E-state index contributed by atoms with van der Waals surface area (Å²) in [4.78, 5) is 41.3. The Balaban J connectivity index is 1.29. The maximum absolute atomic E-state index is 13.2. The van der Waals surface area contributed by atoms with Crippen molar-refractivity contribution in [1.29, 1.82) is 0 Å². The van der Waals surface area contributed by atoms with E-state index in [-0.39, 0.29) is 25.7 Å². The van der Waals surface area contributed by atoms with Crippen LogP contribution in [0.4, 0.5) is 17.1 Å². The second-order valence-electron chi connectivity index (χ2n) is 8.91. The molecule has 2 heterocycles. The van der Waals surface area contributed by atoms with E-state index in [1.807, 2.05) is 19.1 Å². The van der Waals surface area contributed by atoms with Gasteiger partial charge in [-0.2, -0.15) is 0 Å². The molecule has 2 saturated heterocycles. The Kier molecular flexibility index (Phi) is 6.38. The first-order chi connectivity index (χ1) is 16.9. The van der Waals surface area contributed by atoms with Crippen LogP contribution in [0.3, 0.4) is 0 Å². The van der Waals surface area contributed by atoms with Gasteiger partial charge in [0.25, 0.3) is 17.7 Å². The molecule has 3 amide bonds. The van der Waals surface area contributed by atoms with Crippen molar-refractivity contribution < 1.29 is 29.0 Å². The highest BCUT2D eigenvalue weighted by molar-refractivity contribution is 6.04. The van der Waals surface area contributed by atoms with E-state index in [0.717, 1.165) is 12.0 Å². The molecule has 2 fully saturated rings. The molecule has 9 heteroatoms. The molecule has 2 aromatic rings. The standard InChI is InChI=1S/C26H27N3O6/c1-16-11-17-5-6-19(13-18(17)12-16)27-25(32)23(31)24-26(33)29(8-10-35-24)21-4-2-3-20(14-21)28-7-9-34-15-22(28)30/h2-6,12-14,23-24,31H,7-11,15H2,1H3,(H,27,32)/t23-,24-/m1/s1. The van der Waals surface area contributed by atoms with Gasteiger partial charge in [0.2, 0.25) is 0 Å². The second kappa shape index (κ2) is 9.61. The van der Waals surface area contributed by atoms with Gasteiger partial charge in [-0.15, -0.1) is 0 Å². The van der Waals surface area contributed by atoms with E-state index in [2.05, 4.69) is 11.4 Å². The van der Waals surface area contributed by atoms with Gasteiger partial charge in [-0.25, -0.2) is 0 Å². The number of hydrogen-bond acceptors (Lipinski definition) is 6. The van der Waals surface area contributed by atoms with Crippen LogP contribution in [0.15, 0.2) is 48.0 Å². The predicted molar refractivity (Wildman–Crippen MR) is 130 cm³/mol. The molecule has 5 rings (SSSR count). The number of ether oxygens (including phenoxy) is 2. The first-order valence-electron chi connectivity index (χ1n) is 11.6. The average molecular weight is 478 g/mol. The van der Waals surface area contributed by atoms with E-state index in [0.29, 0.717) is 30.2 Å². The highest BCUT2D eigenvalue weighted by Gasteiger charge is 2.39. The maximum atomic E-state index is 13.2. The van der Waals surface area contributed by atoms with E-state index in [1.165, 1.54) is 16.0 Å². The van der Waals surface area contributed by atoms with Crippen LogP contribution in [0.1, 0.15) is 18.1 Å². The number of benzene rings is 2. The Morgan fingerprint density at radius 3 is 2.66 bits per heavy atom. The summed E-state index contributed by atoms with van der Waals surface area (Å²) in [5.74, 6) is -1.38. The van der Waals surface area contributed by atoms with Gasteiger partial charge in [-0.3, -0.25) is 14.4 Å². The minimum Gasteiger partial charge on any atom is -0.380 e. The van der Waals surface area contributed by atoms with Crippen molar-refractivity contribution in [3.63, 3.8) is 0 Å². The summed E-state index contributed by atoms with van der Waals surface area (Å²) in [6.07, 6.45) is -0.0761. The van der Waals surface area contributed by atoms with Crippen LogP contribution in [0.2, 0.25) is 0 Å². The lowest BCUT2D eigenvalue weighted by atomic mass is 10.1. The van der Waals surface area contributed by atoms with E-state index in [9.17, 15) is 19.5 Å². The molecule has 3 aliphatic rings. The number of hydrogen-bond donors (Lipinski definition) is 2. The fourth-order valence-corrected chi connectivity index (χ4v) is 4.65. The largest absolute Gasteiger partial charge is 0.380 e. The topological polar surface area (TPSA) is 108 Å². The summed E-state index contributed by atoms with van der Waals surface area (Å²) >= 11 is 0. The molecule has 0 saturated carbocycles. The Hall–Kier alpha value is -3.53. The smallest absolute Gasteiger partial charge is 0.259 e. The van der Waals surface area contributed by atoms with Gasteiger partial charge < -0.3 is 29.7 Å². The van der Waals surface area contributed by atoms with Crippen molar-refractivity contribution in [3.8, 4) is 0 Å². The van der Waals surface area contributed by atoms with Crippen LogP contribution < -0.4 is 15.1 Å². The molecule has 2 aliphatic heterocycles. The molecule has 35 heavy (non-hydrogen) atoms. The Labute approximate surface area is 202 Å². The zero-order valence-corrected chi connectivity index (χ0v) is 19.4. The van der Waals surface area contributed by atoms with Crippen LogP contribution in [-0.4, -0.2) is 67.9 Å². The van der Waals surface area contributed by atoms with Crippen molar-refractivity contribution in [2.75, 3.05) is 48.0 Å². The van der Waals surface area contributed by atoms with Crippen LogP contribution in [0.5, 0.6) is 0 Å². The van der Waals surface area contributed by atoms with Crippen LogP contribution in [0.25, 0.3) is 6.08 Å². The third-order valence-electron chi connectivity index (χ3n) is 6.40. The number of anilines is 3. The molecule has 0 spiro atoms. The number of fused-ring (bicyclic) bond motifs is 1. The molecular weight excluding hydrogens is 450 g/mol. The quantitative estimate of drug-likeness (QED) is 0.679. The number of aliphatic hydroxyl groups excluding tert-OH is 1. The van der Waals surface area contributed by atoms with Crippen LogP contribution in [-0.2, 0) is 30.3 Å². The minimum absolute atomic E-state index is 0.0181. The lowest BCUT2D eigenvalue weighted by molar-refractivity contribution is -0.150. The highest BCUT2D eigenvalue weighted by atomic mass is 16.5. The zero-order valence-electron chi connectivity index (χ0n) is 19.4. The summed E-state index contributed by atoms with van der Waals surface area (Å²) < 4.78 is 10.7. The lowest BCUT2D eigenvalue weighted by Crippen LogP contribution is -2.55. The SMILES string of the molecule is CC1=Cc2cc(NC(=O)[C@H](O)[C@H]3OCCN(c4cccc(N5CCOCC5=O)c4)C3=O)ccc2C1. The first-order valence-corrected chi connectivity index (χ1v) is 11.6. The summed E-state index contributed by atoms with van der Waals surface area (Å²) in [5.41, 5.74) is 5.22. The predicted octanol–water partition coefficient (Wildman–Crippen LogP) is 1.74. The average Bonchev–Trinajstić information content (AvgIpc) is 3.23. The number of aliphatic hydroxyl groups is 1.